The number of amides is 5. The first-order chi connectivity index (χ1) is 32.2. The third-order valence-corrected chi connectivity index (χ3v) is 12.3. The van der Waals surface area contributed by atoms with E-state index in [0.717, 1.165) is 0 Å². The molecule has 7 N–H and O–H groups in total. The van der Waals surface area contributed by atoms with Crippen molar-refractivity contribution < 1.29 is 38.2 Å². The highest BCUT2D eigenvalue weighted by Crippen LogP contribution is 2.38. The van der Waals surface area contributed by atoms with Gasteiger partial charge in [0.2, 0.25) is 29.6 Å². The summed E-state index contributed by atoms with van der Waals surface area (Å²) in [6.45, 7) is 11.7. The van der Waals surface area contributed by atoms with Crippen LogP contribution >= 0.6 is 15.9 Å². The molecular weight excluding hydrogens is 932 g/mol. The number of allylic oxidation sites excluding steroid dienone is 1. The molecule has 2 aliphatic heterocycles. The lowest BCUT2D eigenvalue weighted by molar-refractivity contribution is -0.123. The lowest BCUT2D eigenvalue weighted by atomic mass is 10.1. The maximum Gasteiger partial charge on any atom is 0.277 e. The number of carbonyl (C=O) groups is 5. The SMILES string of the molecule is CCn1nc(C)cc1C(=O)Nc1nc2cc(C(N)=O)cc(OCCCNC(=O)CN3CCOCC3)c2n1C/C=C/[C@H]1COc2cc(C(N)=O)cc3nc(NC(=O)c4c(Br)c(C)nn4CC)n1c23. The van der Waals surface area contributed by atoms with Crippen LogP contribution in [-0.4, -0.2) is 126 Å². The molecular formula is C44H51BrN14O8. The van der Waals surface area contributed by atoms with Gasteiger partial charge >= 0.3 is 0 Å². The van der Waals surface area contributed by atoms with Crippen molar-refractivity contribution in [1.82, 2.24) is 48.9 Å². The summed E-state index contributed by atoms with van der Waals surface area (Å²) in [5.74, 6) is -1.45. The minimum Gasteiger partial charge on any atom is -0.491 e. The van der Waals surface area contributed by atoms with Crippen LogP contribution in [0, 0.1) is 13.8 Å². The number of fused-ring (bicyclic) bond motifs is 1. The van der Waals surface area contributed by atoms with Gasteiger partial charge in [0, 0.05) is 50.4 Å². The van der Waals surface area contributed by atoms with Crippen molar-refractivity contribution in [2.45, 2.75) is 59.8 Å². The summed E-state index contributed by atoms with van der Waals surface area (Å²) >= 11 is 3.51. The van der Waals surface area contributed by atoms with Crippen LogP contribution in [0.5, 0.6) is 11.5 Å². The van der Waals surface area contributed by atoms with E-state index in [1.165, 1.54) is 12.1 Å². The van der Waals surface area contributed by atoms with E-state index >= 15 is 0 Å². The number of morpholine rings is 1. The number of carbonyl (C=O) groups excluding carboxylic acids is 5. The Morgan fingerprint density at radius 3 is 2.28 bits per heavy atom. The van der Waals surface area contributed by atoms with Gasteiger partial charge in [0.05, 0.1) is 59.3 Å². The summed E-state index contributed by atoms with van der Waals surface area (Å²) in [7, 11) is 0. The molecule has 2 aliphatic rings. The molecule has 0 spiro atoms. The highest BCUT2D eigenvalue weighted by molar-refractivity contribution is 9.10. The van der Waals surface area contributed by atoms with E-state index in [-0.39, 0.29) is 61.0 Å². The second-order valence-electron chi connectivity index (χ2n) is 16.0. The molecule has 23 heteroatoms. The average Bonchev–Trinajstić information content (AvgIpc) is 4.05. The number of imidazole rings is 2. The number of halogens is 1. The van der Waals surface area contributed by atoms with Crippen molar-refractivity contribution in [1.29, 1.82) is 0 Å². The number of anilines is 2. The van der Waals surface area contributed by atoms with E-state index in [0.29, 0.717) is 107 Å². The molecule has 6 aromatic rings. The van der Waals surface area contributed by atoms with Crippen LogP contribution in [0.15, 0.2) is 47.0 Å². The topological polar surface area (TPSA) is 276 Å². The van der Waals surface area contributed by atoms with Crippen LogP contribution in [0.1, 0.15) is 79.4 Å². The number of hydrogen-bond acceptors (Lipinski definition) is 13. The van der Waals surface area contributed by atoms with Crippen LogP contribution in [0.25, 0.3) is 22.1 Å². The Kier molecular flexibility index (Phi) is 13.7. The molecule has 4 aromatic heterocycles. The van der Waals surface area contributed by atoms with E-state index in [2.05, 4.69) is 42.1 Å². The Morgan fingerprint density at radius 1 is 0.881 bits per heavy atom. The minimum absolute atomic E-state index is 0.0731. The molecule has 2 aromatic carbocycles. The summed E-state index contributed by atoms with van der Waals surface area (Å²) in [5.41, 5.74) is 15.4. The number of nitrogens with zero attached hydrogens (tertiary/aromatic N) is 9. The van der Waals surface area contributed by atoms with Gasteiger partial charge in [0.1, 0.15) is 40.5 Å². The van der Waals surface area contributed by atoms with Gasteiger partial charge in [-0.2, -0.15) is 10.2 Å². The Balaban J connectivity index is 1.12. The summed E-state index contributed by atoms with van der Waals surface area (Å²) in [4.78, 5) is 77.0. The second-order valence-corrected chi connectivity index (χ2v) is 16.8. The van der Waals surface area contributed by atoms with Gasteiger partial charge in [-0.15, -0.1) is 0 Å². The van der Waals surface area contributed by atoms with E-state index in [1.54, 1.807) is 46.0 Å². The first-order valence-corrected chi connectivity index (χ1v) is 22.6. The monoisotopic (exact) mass is 982 g/mol. The van der Waals surface area contributed by atoms with Crippen molar-refractivity contribution in [3.05, 3.63) is 80.9 Å². The van der Waals surface area contributed by atoms with Crippen LogP contribution in [0.2, 0.25) is 0 Å². The van der Waals surface area contributed by atoms with E-state index in [4.69, 9.17) is 35.6 Å². The van der Waals surface area contributed by atoms with Crippen molar-refractivity contribution in [2.24, 2.45) is 11.5 Å². The molecule has 1 fully saturated rings. The molecule has 1 saturated heterocycles. The fourth-order valence-corrected chi connectivity index (χ4v) is 8.59. The third kappa shape index (κ3) is 9.74. The number of nitrogens with two attached hydrogens (primary N) is 2. The first kappa shape index (κ1) is 46.4. The van der Waals surface area contributed by atoms with Gasteiger partial charge in [0.25, 0.3) is 11.8 Å². The zero-order valence-corrected chi connectivity index (χ0v) is 39.0. The zero-order valence-electron chi connectivity index (χ0n) is 37.4. The van der Waals surface area contributed by atoms with Gasteiger partial charge < -0.3 is 35.6 Å². The largest absolute Gasteiger partial charge is 0.491 e. The summed E-state index contributed by atoms with van der Waals surface area (Å²) in [5, 5.41) is 17.7. The second kappa shape index (κ2) is 19.8. The highest BCUT2D eigenvalue weighted by atomic mass is 79.9. The lowest BCUT2D eigenvalue weighted by Gasteiger charge is -2.25. The molecule has 6 heterocycles. The zero-order chi connectivity index (χ0) is 47.5. The maximum atomic E-state index is 13.9. The number of rotatable bonds is 18. The fraction of sp³-hybridized carbons (Fsp3) is 0.386. The lowest BCUT2D eigenvalue weighted by Crippen LogP contribution is -2.43. The number of benzene rings is 2. The number of nitrogens with one attached hydrogen (secondary N) is 3. The van der Waals surface area contributed by atoms with Gasteiger partial charge in [-0.05, 0) is 80.4 Å². The van der Waals surface area contributed by atoms with E-state index in [1.807, 2.05) is 35.5 Å². The molecule has 67 heavy (non-hydrogen) atoms. The van der Waals surface area contributed by atoms with Crippen LogP contribution < -0.4 is 36.9 Å². The molecule has 22 nitrogen and oxygen atoms in total. The van der Waals surface area contributed by atoms with E-state index in [9.17, 15) is 24.0 Å². The summed E-state index contributed by atoms with van der Waals surface area (Å²) in [6, 6.07) is 7.26. The van der Waals surface area contributed by atoms with Crippen LogP contribution in [0.3, 0.4) is 0 Å². The Morgan fingerprint density at radius 2 is 1.57 bits per heavy atom. The number of ether oxygens (including phenoxy) is 3. The summed E-state index contributed by atoms with van der Waals surface area (Å²) in [6.07, 6.45) is 4.14. The van der Waals surface area contributed by atoms with Crippen molar-refractivity contribution >= 4 is 79.4 Å². The van der Waals surface area contributed by atoms with Gasteiger partial charge in [-0.1, -0.05) is 12.2 Å². The third-order valence-electron chi connectivity index (χ3n) is 11.3. The Bertz CT molecular complexity index is 2940. The van der Waals surface area contributed by atoms with Crippen LogP contribution in [-0.2, 0) is 29.2 Å². The van der Waals surface area contributed by atoms with Gasteiger partial charge in [0.15, 0.2) is 0 Å². The quantitative estimate of drug-likeness (QED) is 0.0612. The maximum absolute atomic E-state index is 13.9. The highest BCUT2D eigenvalue weighted by Gasteiger charge is 2.30. The van der Waals surface area contributed by atoms with E-state index < -0.39 is 29.7 Å². The number of aryl methyl sites for hydroxylation is 4. The average molecular weight is 984 g/mol. The molecule has 0 saturated carbocycles. The smallest absolute Gasteiger partial charge is 0.277 e. The number of aromatic nitrogens is 8. The van der Waals surface area contributed by atoms with Crippen LogP contribution in [0.4, 0.5) is 11.9 Å². The molecule has 352 valence electrons. The Labute approximate surface area is 392 Å². The van der Waals surface area contributed by atoms with Crippen molar-refractivity contribution in [3.63, 3.8) is 0 Å². The fourth-order valence-electron chi connectivity index (χ4n) is 8.13. The number of hydrogen-bond donors (Lipinski definition) is 5. The standard InChI is InChI=1S/C44H51BrN14O8/c1-5-57-31(17-24(3)53-57)41(63)51-43-49-29-18-26(39(46)61)20-32(66-14-8-10-48-34(60)22-55-12-15-65-16-13-55)36(29)56(43)11-7-9-28-23-67-33-21-27(40(47)62)19-30-37(33)59(28)44(50-30)52-42(64)38-35(45)25(4)54-58(38)6-2/h7,9,17-21,28H,5-6,8,10-16,22-23H2,1-4H3,(H2,46,61)(H2,47,62)(H,48,60)(H,49,51,63)(H,50,52,64)/b9-7+/t28-/m0/s1. The normalized spacial score (nSPS) is 15.0. The number of primary amides is 2. The molecule has 1 atom stereocenters. The minimum atomic E-state index is -0.707. The van der Waals surface area contributed by atoms with Crippen molar-refractivity contribution in [2.75, 3.05) is 63.2 Å². The molecule has 0 radical (unpaired) electrons. The predicted octanol–water partition coefficient (Wildman–Crippen LogP) is 3.31. The first-order valence-electron chi connectivity index (χ1n) is 21.8. The molecule has 8 rings (SSSR count). The molecule has 0 unspecified atom stereocenters. The predicted molar refractivity (Wildman–Crippen MR) is 249 cm³/mol. The summed E-state index contributed by atoms with van der Waals surface area (Å²) < 4.78 is 25.2. The molecule has 0 aliphatic carbocycles. The van der Waals surface area contributed by atoms with Gasteiger partial charge in [-0.3, -0.25) is 53.4 Å². The molecule has 5 amide bonds. The Hall–Kier alpha value is -7.11. The molecule has 0 bridgehead atoms. The van der Waals surface area contributed by atoms with Gasteiger partial charge in [-0.25, -0.2) is 9.97 Å². The van der Waals surface area contributed by atoms with Crippen molar-refractivity contribution in [3.8, 4) is 11.5 Å².